The number of amides is 1. The number of hydrogen-bond donors (Lipinski definition) is 2. The van der Waals surface area contributed by atoms with Gasteiger partial charge in [0.2, 0.25) is 5.91 Å². The fourth-order valence-corrected chi connectivity index (χ4v) is 1.91. The highest BCUT2D eigenvalue weighted by Gasteiger charge is 2.08. The van der Waals surface area contributed by atoms with E-state index in [1.807, 2.05) is 6.92 Å². The van der Waals surface area contributed by atoms with Gasteiger partial charge in [-0.15, -0.1) is 0 Å². The molecule has 0 spiro atoms. The molecule has 19 heavy (non-hydrogen) atoms. The van der Waals surface area contributed by atoms with Crippen LogP contribution in [0.5, 0.6) is 0 Å². The lowest BCUT2D eigenvalue weighted by Crippen LogP contribution is -2.27. The molecule has 106 valence electrons. The van der Waals surface area contributed by atoms with Crippen molar-refractivity contribution in [2.75, 3.05) is 6.54 Å². The van der Waals surface area contributed by atoms with Crippen molar-refractivity contribution < 1.29 is 4.79 Å². The van der Waals surface area contributed by atoms with E-state index in [0.29, 0.717) is 25.4 Å². The Morgan fingerprint density at radius 1 is 1.32 bits per heavy atom. The van der Waals surface area contributed by atoms with Crippen LogP contribution in [-0.4, -0.2) is 12.5 Å². The third-order valence-corrected chi connectivity index (χ3v) is 3.45. The van der Waals surface area contributed by atoms with E-state index in [2.05, 4.69) is 44.3 Å². The minimum Gasteiger partial charge on any atom is -0.352 e. The number of nitrogens with two attached hydrogens (primary N) is 1. The van der Waals surface area contributed by atoms with Gasteiger partial charge in [0.05, 0.1) is 0 Å². The van der Waals surface area contributed by atoms with E-state index in [-0.39, 0.29) is 11.8 Å². The standard InChI is InChI=1S/C16H26N2O/c1-11(2)14-6-5-13(4)15(8-14)10-18-16(19)7-12(3)9-17/h5-6,8,11-12H,7,9-10,17H2,1-4H3,(H,18,19). The zero-order valence-electron chi connectivity index (χ0n) is 12.5. The average molecular weight is 262 g/mol. The molecular weight excluding hydrogens is 236 g/mol. The molecule has 0 fully saturated rings. The van der Waals surface area contributed by atoms with Crippen molar-refractivity contribution in [3.05, 3.63) is 34.9 Å². The van der Waals surface area contributed by atoms with Crippen LogP contribution in [0.1, 0.15) is 49.8 Å². The number of nitrogens with one attached hydrogen (secondary N) is 1. The van der Waals surface area contributed by atoms with E-state index < -0.39 is 0 Å². The molecule has 0 radical (unpaired) electrons. The van der Waals surface area contributed by atoms with Gasteiger partial charge in [-0.2, -0.15) is 0 Å². The molecule has 0 bridgehead atoms. The Kier molecular flexibility index (Phi) is 6.03. The molecule has 3 nitrogen and oxygen atoms in total. The monoisotopic (exact) mass is 262 g/mol. The van der Waals surface area contributed by atoms with E-state index in [0.717, 1.165) is 0 Å². The fraction of sp³-hybridized carbons (Fsp3) is 0.562. The first-order valence-corrected chi connectivity index (χ1v) is 7.00. The highest BCUT2D eigenvalue weighted by Crippen LogP contribution is 2.18. The van der Waals surface area contributed by atoms with Crippen molar-refractivity contribution in [3.8, 4) is 0 Å². The summed E-state index contributed by atoms with van der Waals surface area (Å²) in [6.45, 7) is 9.57. The van der Waals surface area contributed by atoms with Gasteiger partial charge in [-0.1, -0.05) is 39.0 Å². The summed E-state index contributed by atoms with van der Waals surface area (Å²) in [7, 11) is 0. The van der Waals surface area contributed by atoms with Gasteiger partial charge in [-0.25, -0.2) is 0 Å². The SMILES string of the molecule is Cc1ccc(C(C)C)cc1CNC(=O)CC(C)CN. The normalized spacial score (nSPS) is 12.5. The van der Waals surface area contributed by atoms with Gasteiger partial charge < -0.3 is 11.1 Å². The molecule has 1 atom stereocenters. The summed E-state index contributed by atoms with van der Waals surface area (Å²) in [6.07, 6.45) is 0.499. The van der Waals surface area contributed by atoms with E-state index >= 15 is 0 Å². The van der Waals surface area contributed by atoms with Crippen LogP contribution in [0.15, 0.2) is 18.2 Å². The number of carbonyl (C=O) groups is 1. The minimum absolute atomic E-state index is 0.0762. The lowest BCUT2D eigenvalue weighted by atomic mass is 9.98. The molecule has 0 aliphatic heterocycles. The van der Waals surface area contributed by atoms with Crippen LogP contribution in [-0.2, 0) is 11.3 Å². The second-order valence-corrected chi connectivity index (χ2v) is 5.66. The molecule has 1 amide bonds. The molecule has 0 aromatic heterocycles. The maximum absolute atomic E-state index is 11.7. The Hall–Kier alpha value is -1.35. The van der Waals surface area contributed by atoms with Crippen molar-refractivity contribution in [3.63, 3.8) is 0 Å². The lowest BCUT2D eigenvalue weighted by Gasteiger charge is -2.13. The molecular formula is C16H26N2O. The predicted octanol–water partition coefficient (Wildman–Crippen LogP) is 2.72. The minimum atomic E-state index is 0.0762. The summed E-state index contributed by atoms with van der Waals surface area (Å²) < 4.78 is 0. The molecule has 3 heteroatoms. The molecule has 0 aliphatic carbocycles. The van der Waals surface area contributed by atoms with Crippen molar-refractivity contribution in [2.45, 2.75) is 46.6 Å². The van der Waals surface area contributed by atoms with E-state index in [1.165, 1.54) is 16.7 Å². The summed E-state index contributed by atoms with van der Waals surface area (Å²) in [5, 5.41) is 2.98. The molecule has 1 unspecified atom stereocenters. The largest absolute Gasteiger partial charge is 0.352 e. The van der Waals surface area contributed by atoms with Gasteiger partial charge in [0.1, 0.15) is 0 Å². The smallest absolute Gasteiger partial charge is 0.220 e. The number of hydrogen-bond acceptors (Lipinski definition) is 2. The molecule has 0 aliphatic rings. The molecule has 0 saturated carbocycles. The zero-order chi connectivity index (χ0) is 14.4. The first-order valence-electron chi connectivity index (χ1n) is 7.00. The van der Waals surface area contributed by atoms with Gasteiger partial charge in [0.15, 0.2) is 0 Å². The molecule has 1 aromatic carbocycles. The quantitative estimate of drug-likeness (QED) is 0.828. The van der Waals surface area contributed by atoms with Gasteiger partial charge in [-0.3, -0.25) is 4.79 Å². The van der Waals surface area contributed by atoms with Gasteiger partial charge in [0, 0.05) is 13.0 Å². The zero-order valence-corrected chi connectivity index (χ0v) is 12.5. The van der Waals surface area contributed by atoms with Crippen LogP contribution in [0.2, 0.25) is 0 Å². The first kappa shape index (κ1) is 15.7. The second kappa shape index (κ2) is 7.29. The van der Waals surface area contributed by atoms with E-state index in [9.17, 15) is 4.79 Å². The van der Waals surface area contributed by atoms with Crippen LogP contribution in [0.25, 0.3) is 0 Å². The van der Waals surface area contributed by atoms with Crippen molar-refractivity contribution >= 4 is 5.91 Å². The van der Waals surface area contributed by atoms with Crippen LogP contribution < -0.4 is 11.1 Å². The first-order chi connectivity index (χ1) is 8.93. The molecule has 1 rings (SSSR count). The van der Waals surface area contributed by atoms with Gasteiger partial charge >= 0.3 is 0 Å². The van der Waals surface area contributed by atoms with Crippen molar-refractivity contribution in [1.82, 2.24) is 5.32 Å². The van der Waals surface area contributed by atoms with Crippen LogP contribution in [0.3, 0.4) is 0 Å². The fourth-order valence-electron chi connectivity index (χ4n) is 1.91. The summed E-state index contributed by atoms with van der Waals surface area (Å²) in [5.41, 5.74) is 9.25. The van der Waals surface area contributed by atoms with Crippen LogP contribution in [0.4, 0.5) is 0 Å². The summed E-state index contributed by atoms with van der Waals surface area (Å²) in [5.74, 6) is 0.822. The molecule has 0 heterocycles. The lowest BCUT2D eigenvalue weighted by molar-refractivity contribution is -0.122. The highest BCUT2D eigenvalue weighted by atomic mass is 16.1. The number of carbonyl (C=O) groups excluding carboxylic acids is 1. The van der Waals surface area contributed by atoms with E-state index in [4.69, 9.17) is 5.73 Å². The van der Waals surface area contributed by atoms with Gasteiger partial charge in [-0.05, 0) is 42.0 Å². The Morgan fingerprint density at radius 2 is 2.00 bits per heavy atom. The summed E-state index contributed by atoms with van der Waals surface area (Å²) in [4.78, 5) is 11.7. The average Bonchev–Trinajstić information content (AvgIpc) is 2.37. The second-order valence-electron chi connectivity index (χ2n) is 5.66. The Morgan fingerprint density at radius 3 is 2.58 bits per heavy atom. The number of rotatable bonds is 6. The highest BCUT2D eigenvalue weighted by molar-refractivity contribution is 5.76. The van der Waals surface area contributed by atoms with Crippen LogP contribution in [0, 0.1) is 12.8 Å². The third-order valence-electron chi connectivity index (χ3n) is 3.45. The van der Waals surface area contributed by atoms with Gasteiger partial charge in [0.25, 0.3) is 0 Å². The number of benzene rings is 1. The maximum Gasteiger partial charge on any atom is 0.220 e. The Bertz CT molecular complexity index is 427. The van der Waals surface area contributed by atoms with Crippen molar-refractivity contribution in [2.24, 2.45) is 11.7 Å². The predicted molar refractivity (Wildman–Crippen MR) is 80.0 cm³/mol. The van der Waals surface area contributed by atoms with Crippen molar-refractivity contribution in [1.29, 1.82) is 0 Å². The topological polar surface area (TPSA) is 55.1 Å². The number of aryl methyl sites for hydroxylation is 1. The van der Waals surface area contributed by atoms with E-state index in [1.54, 1.807) is 0 Å². The molecule has 3 N–H and O–H groups in total. The maximum atomic E-state index is 11.7. The Balaban J connectivity index is 2.62. The molecule has 0 saturated heterocycles. The summed E-state index contributed by atoms with van der Waals surface area (Å²) in [6, 6.07) is 6.47. The Labute approximate surface area is 116 Å². The van der Waals surface area contributed by atoms with Crippen LogP contribution >= 0.6 is 0 Å². The summed E-state index contributed by atoms with van der Waals surface area (Å²) >= 11 is 0. The molecule has 1 aromatic rings. The third kappa shape index (κ3) is 5.03.